The van der Waals surface area contributed by atoms with Crippen LogP contribution in [0.25, 0.3) is 0 Å². The van der Waals surface area contributed by atoms with Gasteiger partial charge in [0, 0.05) is 39.8 Å². The Morgan fingerprint density at radius 3 is 2.41 bits per heavy atom. The van der Waals surface area contributed by atoms with Crippen molar-refractivity contribution in [2.45, 2.75) is 44.9 Å². The largest absolute Gasteiger partial charge is 0.507 e. The number of phenolic OH excluding ortho intramolecular Hbond substituents is 1. The van der Waals surface area contributed by atoms with Gasteiger partial charge in [-0.3, -0.25) is 4.79 Å². The van der Waals surface area contributed by atoms with Crippen LogP contribution in [0.1, 0.15) is 54.4 Å². The second-order valence-electron chi connectivity index (χ2n) is 8.03. The number of methoxy groups -OCH3 is 1. The van der Waals surface area contributed by atoms with E-state index in [4.69, 9.17) is 24.5 Å². The van der Waals surface area contributed by atoms with Crippen LogP contribution in [0.5, 0.6) is 11.5 Å². The molecule has 37 heavy (non-hydrogen) atoms. The molecule has 2 aliphatic heterocycles. The predicted molar refractivity (Wildman–Crippen MR) is 141 cm³/mol. The van der Waals surface area contributed by atoms with Crippen molar-refractivity contribution in [3.8, 4) is 11.5 Å². The molecule has 0 aromatic heterocycles. The SMILES string of the molecule is CO.CO.COc1cc(O)c2c(c1)CC(=N/OCC(=O)N1CCCCC1)/C=C/CC/C=C/CCOC2=O. The highest BCUT2D eigenvalue weighted by molar-refractivity contribution is 6.00. The lowest BCUT2D eigenvalue weighted by atomic mass is 9.99. The first-order chi connectivity index (χ1) is 18.1. The number of cyclic esters (lactones) is 1. The van der Waals surface area contributed by atoms with Gasteiger partial charge in [0.05, 0.1) is 19.4 Å². The van der Waals surface area contributed by atoms with Gasteiger partial charge in [0.2, 0.25) is 0 Å². The number of oxime groups is 1. The van der Waals surface area contributed by atoms with E-state index in [9.17, 15) is 14.7 Å². The van der Waals surface area contributed by atoms with E-state index in [1.54, 1.807) is 11.0 Å². The molecule has 2 heterocycles. The molecular formula is C27H40N2O8. The van der Waals surface area contributed by atoms with E-state index in [0.717, 1.165) is 59.4 Å². The monoisotopic (exact) mass is 520 g/mol. The summed E-state index contributed by atoms with van der Waals surface area (Å²) >= 11 is 0. The van der Waals surface area contributed by atoms with Gasteiger partial charge in [-0.05, 0) is 56.2 Å². The molecule has 1 aromatic rings. The molecule has 0 aliphatic carbocycles. The second-order valence-corrected chi connectivity index (χ2v) is 8.03. The standard InChI is InChI=1S/C25H32N2O6.2CH4O/c1-31-21-16-19-15-20(26-33-18-23(29)27-12-8-6-9-13-27)11-7-4-2-3-5-10-14-32-25(30)24(19)22(28)17-21;2*1-2/h3,5,7,11,16-17,28H,2,4,6,8-10,12-15,18H2,1H3;2*2H,1H3/b5-3+,11-7+,26-20+;;. The molecule has 10 nitrogen and oxygen atoms in total. The smallest absolute Gasteiger partial charge is 0.342 e. The molecule has 1 fully saturated rings. The molecule has 1 amide bonds. The number of fused-ring (bicyclic) bond motifs is 1. The number of nitrogens with zero attached hydrogens (tertiary/aromatic N) is 2. The molecule has 3 N–H and O–H groups in total. The summed E-state index contributed by atoms with van der Waals surface area (Å²) in [6.07, 6.45) is 13.4. The Balaban J connectivity index is 0.00000163. The second kappa shape index (κ2) is 18.8. The Kier molecular flexibility index (Phi) is 16.1. The predicted octanol–water partition coefficient (Wildman–Crippen LogP) is 3.00. The quantitative estimate of drug-likeness (QED) is 0.313. The highest BCUT2D eigenvalue weighted by Gasteiger charge is 2.21. The Labute approximate surface area is 218 Å². The number of carbonyl (C=O) groups is 2. The molecule has 0 radical (unpaired) electrons. The zero-order valence-corrected chi connectivity index (χ0v) is 22.0. The molecule has 1 aromatic carbocycles. The number of allylic oxidation sites excluding steroid dienone is 3. The number of piperidine rings is 1. The number of esters is 1. The van der Waals surface area contributed by atoms with Crippen molar-refractivity contribution in [3.05, 3.63) is 47.6 Å². The Morgan fingerprint density at radius 2 is 1.70 bits per heavy atom. The number of aromatic hydroxyl groups is 1. The van der Waals surface area contributed by atoms with Crippen molar-refractivity contribution in [1.29, 1.82) is 0 Å². The third-order valence-electron chi connectivity index (χ3n) is 5.56. The van der Waals surface area contributed by atoms with Crippen LogP contribution in [0.3, 0.4) is 0 Å². The molecule has 0 saturated carbocycles. The van der Waals surface area contributed by atoms with Crippen LogP contribution in [0.4, 0.5) is 0 Å². The van der Waals surface area contributed by atoms with Gasteiger partial charge in [-0.15, -0.1) is 0 Å². The zero-order valence-electron chi connectivity index (χ0n) is 22.0. The van der Waals surface area contributed by atoms with E-state index in [-0.39, 0.29) is 36.9 Å². The van der Waals surface area contributed by atoms with Gasteiger partial charge in [0.15, 0.2) is 6.61 Å². The van der Waals surface area contributed by atoms with Gasteiger partial charge in [-0.2, -0.15) is 0 Å². The maximum Gasteiger partial charge on any atom is 0.342 e. The highest BCUT2D eigenvalue weighted by atomic mass is 16.6. The van der Waals surface area contributed by atoms with Crippen LogP contribution >= 0.6 is 0 Å². The fourth-order valence-corrected chi connectivity index (χ4v) is 3.81. The molecule has 0 spiro atoms. The minimum Gasteiger partial charge on any atom is -0.507 e. The number of phenols is 1. The topological polar surface area (TPSA) is 138 Å². The summed E-state index contributed by atoms with van der Waals surface area (Å²) < 4.78 is 10.6. The number of hydrogen-bond donors (Lipinski definition) is 3. The van der Waals surface area contributed by atoms with E-state index in [2.05, 4.69) is 5.16 Å². The van der Waals surface area contributed by atoms with Crippen LogP contribution in [-0.4, -0.2) is 85.4 Å². The molecule has 1 saturated heterocycles. The Morgan fingerprint density at radius 1 is 1.03 bits per heavy atom. The van der Waals surface area contributed by atoms with E-state index < -0.39 is 5.97 Å². The summed E-state index contributed by atoms with van der Waals surface area (Å²) in [6, 6.07) is 3.05. The zero-order chi connectivity index (χ0) is 27.5. The molecule has 2 aliphatic rings. The van der Waals surface area contributed by atoms with E-state index in [1.165, 1.54) is 13.2 Å². The maximum atomic E-state index is 12.7. The van der Waals surface area contributed by atoms with Crippen LogP contribution in [0, 0.1) is 0 Å². The lowest BCUT2D eigenvalue weighted by molar-refractivity contribution is -0.137. The third kappa shape index (κ3) is 11.1. The number of benzene rings is 1. The van der Waals surface area contributed by atoms with Gasteiger partial charge < -0.3 is 34.5 Å². The highest BCUT2D eigenvalue weighted by Crippen LogP contribution is 2.29. The van der Waals surface area contributed by atoms with Gasteiger partial charge >= 0.3 is 5.97 Å². The van der Waals surface area contributed by atoms with Crippen LogP contribution < -0.4 is 4.74 Å². The van der Waals surface area contributed by atoms with Crippen LogP contribution in [0.2, 0.25) is 0 Å². The first-order valence-electron chi connectivity index (χ1n) is 12.3. The fraction of sp³-hybridized carbons (Fsp3) is 0.519. The molecule has 0 bridgehead atoms. The van der Waals surface area contributed by atoms with E-state index >= 15 is 0 Å². The van der Waals surface area contributed by atoms with Gasteiger partial charge in [-0.1, -0.05) is 23.4 Å². The number of carbonyl (C=O) groups excluding carboxylic acids is 2. The van der Waals surface area contributed by atoms with E-state index in [0.29, 0.717) is 23.4 Å². The molecule has 206 valence electrons. The number of aliphatic hydroxyl groups excluding tert-OH is 2. The van der Waals surface area contributed by atoms with E-state index in [1.807, 2.05) is 24.3 Å². The maximum absolute atomic E-state index is 12.7. The molecule has 0 atom stereocenters. The summed E-state index contributed by atoms with van der Waals surface area (Å²) in [7, 11) is 3.49. The summed E-state index contributed by atoms with van der Waals surface area (Å²) in [6.45, 7) is 1.58. The molecule has 3 rings (SSSR count). The van der Waals surface area contributed by atoms with Crippen molar-refractivity contribution in [2.75, 3.05) is 47.6 Å². The normalized spacial score (nSPS) is 18.9. The van der Waals surface area contributed by atoms with Crippen molar-refractivity contribution in [1.82, 2.24) is 4.90 Å². The van der Waals surface area contributed by atoms with Gasteiger partial charge in [-0.25, -0.2) is 4.79 Å². The third-order valence-corrected chi connectivity index (χ3v) is 5.56. The molecule has 10 heteroatoms. The Hall–Kier alpha value is -3.37. The fourth-order valence-electron chi connectivity index (χ4n) is 3.81. The van der Waals surface area contributed by atoms with Crippen LogP contribution in [0.15, 0.2) is 41.6 Å². The summed E-state index contributed by atoms with van der Waals surface area (Å²) in [5.41, 5.74) is 1.09. The van der Waals surface area contributed by atoms with Crippen molar-refractivity contribution in [2.24, 2.45) is 5.16 Å². The lowest BCUT2D eigenvalue weighted by Crippen LogP contribution is -2.37. The summed E-state index contributed by atoms with van der Waals surface area (Å²) in [5, 5.41) is 28.7. The van der Waals surface area contributed by atoms with Crippen molar-refractivity contribution < 1.29 is 39.2 Å². The van der Waals surface area contributed by atoms with Crippen molar-refractivity contribution >= 4 is 17.6 Å². The number of rotatable bonds is 4. The first-order valence-corrected chi connectivity index (χ1v) is 12.3. The number of aliphatic hydroxyl groups is 2. The average molecular weight is 521 g/mol. The van der Waals surface area contributed by atoms with Gasteiger partial charge in [0.25, 0.3) is 5.91 Å². The molecule has 0 unspecified atom stereocenters. The van der Waals surface area contributed by atoms with Gasteiger partial charge in [0.1, 0.15) is 17.1 Å². The number of likely N-dealkylation sites (tertiary alicyclic amines) is 1. The number of amides is 1. The van der Waals surface area contributed by atoms with Crippen molar-refractivity contribution in [3.63, 3.8) is 0 Å². The summed E-state index contributed by atoms with van der Waals surface area (Å²) in [4.78, 5) is 32.3. The first kappa shape index (κ1) is 31.7. The number of ether oxygens (including phenoxy) is 2. The minimum absolute atomic E-state index is 0.0716. The average Bonchev–Trinajstić information content (AvgIpc) is 2.93. The lowest BCUT2D eigenvalue weighted by Gasteiger charge is -2.26. The number of hydrogen-bond acceptors (Lipinski definition) is 9. The molecular weight excluding hydrogens is 480 g/mol. The summed E-state index contributed by atoms with van der Waals surface area (Å²) in [5.74, 6) is -0.508. The Bertz CT molecular complexity index is 921. The minimum atomic E-state index is -0.611. The van der Waals surface area contributed by atoms with Crippen LogP contribution in [-0.2, 0) is 20.8 Å².